The monoisotopic (exact) mass is 435 g/mol. The number of furan rings is 1. The maximum Gasteiger partial charge on any atom is 0.292 e. The second-order valence-electron chi connectivity index (χ2n) is 6.94. The van der Waals surface area contributed by atoms with Crippen molar-refractivity contribution in [3.63, 3.8) is 0 Å². The van der Waals surface area contributed by atoms with Crippen LogP contribution in [0.4, 0.5) is 10.2 Å². The summed E-state index contributed by atoms with van der Waals surface area (Å²) in [5, 5.41) is 7.01. The Hall–Kier alpha value is -4.07. The van der Waals surface area contributed by atoms with E-state index in [-0.39, 0.29) is 18.2 Å². The number of nitrogens with zero attached hydrogens (tertiary/aromatic N) is 2. The fourth-order valence-corrected chi connectivity index (χ4v) is 3.00. The third-order valence-corrected chi connectivity index (χ3v) is 4.54. The van der Waals surface area contributed by atoms with Gasteiger partial charge in [-0.05, 0) is 61.0 Å². The van der Waals surface area contributed by atoms with Gasteiger partial charge in [0, 0.05) is 12.3 Å². The number of halogens is 1. The topological polar surface area (TPSA) is 78.5 Å². The van der Waals surface area contributed by atoms with Crippen LogP contribution < -0.4 is 14.8 Å². The van der Waals surface area contributed by atoms with Gasteiger partial charge in [-0.2, -0.15) is 5.10 Å². The predicted octanol–water partition coefficient (Wildman–Crippen LogP) is 4.89. The fourth-order valence-electron chi connectivity index (χ4n) is 3.00. The van der Waals surface area contributed by atoms with Crippen LogP contribution in [0.5, 0.6) is 11.5 Å². The Bertz CT molecular complexity index is 1170. The minimum atomic E-state index is -0.413. The molecule has 2 aromatic heterocycles. The van der Waals surface area contributed by atoms with E-state index in [0.717, 1.165) is 11.3 Å². The first-order chi connectivity index (χ1) is 15.6. The van der Waals surface area contributed by atoms with Crippen molar-refractivity contribution in [2.24, 2.45) is 0 Å². The van der Waals surface area contributed by atoms with Gasteiger partial charge in [0.15, 0.2) is 11.6 Å². The molecule has 0 aliphatic rings. The van der Waals surface area contributed by atoms with Gasteiger partial charge in [0.05, 0.1) is 13.2 Å². The molecule has 0 radical (unpaired) electrons. The van der Waals surface area contributed by atoms with Gasteiger partial charge in [0.2, 0.25) is 0 Å². The highest BCUT2D eigenvalue weighted by molar-refractivity contribution is 6.01. The van der Waals surface area contributed by atoms with Crippen molar-refractivity contribution < 1.29 is 23.1 Å². The second-order valence-corrected chi connectivity index (χ2v) is 6.94. The molecule has 0 saturated heterocycles. The maximum atomic E-state index is 13.0. The highest BCUT2D eigenvalue weighted by Gasteiger charge is 2.13. The number of aromatic nitrogens is 2. The van der Waals surface area contributed by atoms with E-state index in [0.29, 0.717) is 30.5 Å². The molecule has 0 aliphatic carbocycles. The minimum Gasteiger partial charge on any atom is -0.494 e. The average molecular weight is 435 g/mol. The van der Waals surface area contributed by atoms with Crippen LogP contribution in [-0.2, 0) is 13.2 Å². The lowest BCUT2D eigenvalue weighted by Crippen LogP contribution is -2.12. The average Bonchev–Trinajstić information content (AvgIpc) is 3.45. The molecule has 0 atom stereocenters. The first kappa shape index (κ1) is 21.2. The van der Waals surface area contributed by atoms with Crippen molar-refractivity contribution in [1.29, 1.82) is 0 Å². The zero-order chi connectivity index (χ0) is 22.3. The van der Waals surface area contributed by atoms with Crippen LogP contribution in [0.3, 0.4) is 0 Å². The molecule has 7 nitrogen and oxygen atoms in total. The lowest BCUT2D eigenvalue weighted by molar-refractivity contribution is 0.0992. The number of amides is 1. The Morgan fingerprint density at radius 2 is 1.72 bits per heavy atom. The van der Waals surface area contributed by atoms with Crippen molar-refractivity contribution in [3.05, 3.63) is 95.8 Å². The van der Waals surface area contributed by atoms with Crippen molar-refractivity contribution in [3.8, 4) is 11.5 Å². The van der Waals surface area contributed by atoms with Crippen molar-refractivity contribution >= 4 is 11.7 Å². The number of nitrogens with one attached hydrogen (secondary N) is 1. The lowest BCUT2D eigenvalue weighted by atomic mass is 10.2. The number of hydrogen-bond acceptors (Lipinski definition) is 5. The standard InChI is InChI=1S/C24H22FN3O4/c1-2-30-19-7-9-20(10-8-19)31-16-21-11-12-22(32-21)24(29)26-23-13-14-28(27-23)15-17-3-5-18(25)6-4-17/h3-14H,2,15-16H2,1H3,(H,26,27,29). The SMILES string of the molecule is CCOc1ccc(OCc2ccc(C(=O)Nc3ccn(Cc4ccc(F)cc4)n3)o2)cc1. The van der Waals surface area contributed by atoms with Gasteiger partial charge in [-0.15, -0.1) is 0 Å². The van der Waals surface area contributed by atoms with E-state index >= 15 is 0 Å². The Labute approximate surface area is 184 Å². The molecule has 8 heteroatoms. The number of anilines is 1. The molecule has 1 N–H and O–H groups in total. The summed E-state index contributed by atoms with van der Waals surface area (Å²) < 4.78 is 31.3. The predicted molar refractivity (Wildman–Crippen MR) is 116 cm³/mol. The summed E-state index contributed by atoms with van der Waals surface area (Å²) in [7, 11) is 0. The van der Waals surface area contributed by atoms with Crippen molar-refractivity contribution in [1.82, 2.24) is 9.78 Å². The van der Waals surface area contributed by atoms with Crippen LogP contribution in [-0.4, -0.2) is 22.3 Å². The molecule has 0 aliphatic heterocycles. The Morgan fingerprint density at radius 3 is 2.44 bits per heavy atom. The molecule has 2 aromatic carbocycles. The van der Waals surface area contributed by atoms with Gasteiger partial charge in [-0.1, -0.05) is 12.1 Å². The summed E-state index contributed by atoms with van der Waals surface area (Å²) in [5.74, 6) is 1.81. The van der Waals surface area contributed by atoms with E-state index < -0.39 is 5.91 Å². The number of hydrogen-bond donors (Lipinski definition) is 1. The van der Waals surface area contributed by atoms with Gasteiger partial charge in [-0.3, -0.25) is 9.48 Å². The smallest absolute Gasteiger partial charge is 0.292 e. The van der Waals surface area contributed by atoms with Crippen LogP contribution in [0.25, 0.3) is 0 Å². The van der Waals surface area contributed by atoms with E-state index in [9.17, 15) is 9.18 Å². The van der Waals surface area contributed by atoms with Gasteiger partial charge in [0.25, 0.3) is 5.91 Å². The number of benzene rings is 2. The molecule has 4 aromatic rings. The van der Waals surface area contributed by atoms with Crippen LogP contribution >= 0.6 is 0 Å². The van der Waals surface area contributed by atoms with Gasteiger partial charge >= 0.3 is 0 Å². The molecule has 32 heavy (non-hydrogen) atoms. The third-order valence-electron chi connectivity index (χ3n) is 4.54. The van der Waals surface area contributed by atoms with E-state index in [1.165, 1.54) is 12.1 Å². The summed E-state index contributed by atoms with van der Waals surface area (Å²) in [4.78, 5) is 12.5. The van der Waals surface area contributed by atoms with Crippen LogP contribution in [0, 0.1) is 5.82 Å². The van der Waals surface area contributed by atoms with Crippen LogP contribution in [0.2, 0.25) is 0 Å². The third kappa shape index (κ3) is 5.54. The minimum absolute atomic E-state index is 0.156. The molecule has 0 spiro atoms. The molecule has 4 rings (SSSR count). The number of carbonyl (C=O) groups is 1. The van der Waals surface area contributed by atoms with E-state index in [2.05, 4.69) is 10.4 Å². The summed E-state index contributed by atoms with van der Waals surface area (Å²) in [5.41, 5.74) is 0.899. The molecule has 2 heterocycles. The summed E-state index contributed by atoms with van der Waals surface area (Å²) in [6.45, 7) is 3.18. The van der Waals surface area contributed by atoms with Gasteiger partial charge < -0.3 is 19.2 Å². The molecule has 1 amide bonds. The van der Waals surface area contributed by atoms with E-state index in [4.69, 9.17) is 13.9 Å². The molecular formula is C24H22FN3O4. The Morgan fingerprint density at radius 1 is 1.00 bits per heavy atom. The molecule has 0 unspecified atom stereocenters. The molecule has 0 saturated carbocycles. The van der Waals surface area contributed by atoms with E-state index in [1.54, 1.807) is 41.2 Å². The molecule has 164 valence electrons. The highest BCUT2D eigenvalue weighted by Crippen LogP contribution is 2.19. The van der Waals surface area contributed by atoms with Crippen molar-refractivity contribution in [2.75, 3.05) is 11.9 Å². The lowest BCUT2D eigenvalue weighted by Gasteiger charge is -2.06. The molecular weight excluding hydrogens is 413 g/mol. The quantitative estimate of drug-likeness (QED) is 0.405. The van der Waals surface area contributed by atoms with Crippen LogP contribution in [0.1, 0.15) is 28.8 Å². The Kier molecular flexibility index (Phi) is 6.50. The Balaban J connectivity index is 1.30. The zero-order valence-electron chi connectivity index (χ0n) is 17.5. The van der Waals surface area contributed by atoms with Gasteiger partial charge in [-0.25, -0.2) is 4.39 Å². The second kappa shape index (κ2) is 9.82. The number of ether oxygens (including phenoxy) is 2. The first-order valence-corrected chi connectivity index (χ1v) is 10.1. The summed E-state index contributed by atoms with van der Waals surface area (Å²) in [6, 6.07) is 18.4. The normalized spacial score (nSPS) is 10.7. The number of carbonyl (C=O) groups excluding carboxylic acids is 1. The van der Waals surface area contributed by atoms with Crippen molar-refractivity contribution in [2.45, 2.75) is 20.1 Å². The molecule has 0 bridgehead atoms. The first-order valence-electron chi connectivity index (χ1n) is 10.1. The maximum absolute atomic E-state index is 13.0. The van der Waals surface area contributed by atoms with Crippen LogP contribution in [0.15, 0.2) is 77.3 Å². The van der Waals surface area contributed by atoms with Gasteiger partial charge in [0.1, 0.15) is 29.7 Å². The summed E-state index contributed by atoms with van der Waals surface area (Å²) in [6.07, 6.45) is 1.73. The molecule has 0 fully saturated rings. The number of rotatable bonds is 9. The fraction of sp³-hybridized carbons (Fsp3) is 0.167. The largest absolute Gasteiger partial charge is 0.494 e. The zero-order valence-corrected chi connectivity index (χ0v) is 17.5. The highest BCUT2D eigenvalue weighted by atomic mass is 19.1. The van der Waals surface area contributed by atoms with E-state index in [1.807, 2.05) is 31.2 Å². The summed E-state index contributed by atoms with van der Waals surface area (Å²) >= 11 is 0.